The molecule has 0 spiro atoms. The Balaban J connectivity index is 1.79. The van der Waals surface area contributed by atoms with E-state index in [1.807, 2.05) is 14.0 Å². The average molecular weight is 236 g/mol. The third kappa shape index (κ3) is 2.85. The van der Waals surface area contributed by atoms with Crippen LogP contribution in [0, 0.1) is 12.8 Å². The molecule has 94 valence electrons. The number of aromatic nitrogens is 2. The van der Waals surface area contributed by atoms with E-state index in [1.54, 1.807) is 10.9 Å². The van der Waals surface area contributed by atoms with Crippen LogP contribution in [0.3, 0.4) is 0 Å². The molecule has 1 atom stereocenters. The van der Waals surface area contributed by atoms with Crippen LogP contribution in [0.2, 0.25) is 0 Å². The molecular weight excluding hydrogens is 216 g/mol. The van der Waals surface area contributed by atoms with Crippen LogP contribution < -0.4 is 10.6 Å². The molecule has 1 aliphatic heterocycles. The summed E-state index contributed by atoms with van der Waals surface area (Å²) in [6.45, 7) is 4.85. The van der Waals surface area contributed by atoms with Gasteiger partial charge in [-0.15, -0.1) is 0 Å². The van der Waals surface area contributed by atoms with Gasteiger partial charge in [0.25, 0.3) is 5.91 Å². The lowest BCUT2D eigenvalue weighted by molar-refractivity contribution is 0.0951. The predicted octanol–water partition coefficient (Wildman–Crippen LogP) is 0.458. The third-order valence-electron chi connectivity index (χ3n) is 3.48. The Bertz CT molecular complexity index is 393. The number of carbonyl (C=O) groups excluding carboxylic acids is 1. The maximum atomic E-state index is 11.9. The lowest BCUT2D eigenvalue weighted by Crippen LogP contribution is -2.26. The topological polar surface area (TPSA) is 59.0 Å². The number of rotatable bonds is 4. The second-order valence-corrected chi connectivity index (χ2v) is 4.67. The van der Waals surface area contributed by atoms with Gasteiger partial charge in [-0.25, -0.2) is 0 Å². The minimum absolute atomic E-state index is 0.0124. The Morgan fingerprint density at radius 3 is 3.12 bits per heavy atom. The van der Waals surface area contributed by atoms with Gasteiger partial charge in [-0.1, -0.05) is 0 Å². The molecule has 0 aromatic carbocycles. The van der Waals surface area contributed by atoms with E-state index in [4.69, 9.17) is 0 Å². The molecule has 1 unspecified atom stereocenters. The van der Waals surface area contributed by atoms with Crippen LogP contribution in [0.25, 0.3) is 0 Å². The van der Waals surface area contributed by atoms with Gasteiger partial charge >= 0.3 is 0 Å². The van der Waals surface area contributed by atoms with Crippen molar-refractivity contribution in [3.8, 4) is 0 Å². The maximum Gasteiger partial charge on any atom is 0.254 e. The Morgan fingerprint density at radius 1 is 1.71 bits per heavy atom. The summed E-state index contributed by atoms with van der Waals surface area (Å²) < 4.78 is 1.72. The normalized spacial score (nSPS) is 19.5. The number of nitrogens with zero attached hydrogens (tertiary/aromatic N) is 2. The molecular formula is C12H20N4O. The fourth-order valence-electron chi connectivity index (χ4n) is 2.17. The summed E-state index contributed by atoms with van der Waals surface area (Å²) in [4.78, 5) is 11.9. The van der Waals surface area contributed by atoms with Gasteiger partial charge in [0.2, 0.25) is 0 Å². The van der Waals surface area contributed by atoms with Crippen LogP contribution in [0.15, 0.2) is 6.20 Å². The molecule has 0 aliphatic carbocycles. The molecule has 2 heterocycles. The van der Waals surface area contributed by atoms with E-state index in [0.29, 0.717) is 11.5 Å². The first-order valence-electron chi connectivity index (χ1n) is 6.16. The lowest BCUT2D eigenvalue weighted by atomic mass is 10.1. The van der Waals surface area contributed by atoms with Crippen molar-refractivity contribution in [3.63, 3.8) is 0 Å². The highest BCUT2D eigenvalue weighted by atomic mass is 16.1. The van der Waals surface area contributed by atoms with E-state index in [0.717, 1.165) is 31.7 Å². The zero-order valence-electron chi connectivity index (χ0n) is 10.5. The highest BCUT2D eigenvalue weighted by molar-refractivity contribution is 5.94. The van der Waals surface area contributed by atoms with Gasteiger partial charge < -0.3 is 10.6 Å². The minimum Gasteiger partial charge on any atom is -0.352 e. The van der Waals surface area contributed by atoms with E-state index < -0.39 is 0 Å². The number of nitrogens with one attached hydrogen (secondary N) is 2. The van der Waals surface area contributed by atoms with Crippen molar-refractivity contribution < 1.29 is 4.79 Å². The van der Waals surface area contributed by atoms with E-state index in [9.17, 15) is 4.79 Å². The third-order valence-corrected chi connectivity index (χ3v) is 3.48. The number of hydrogen-bond acceptors (Lipinski definition) is 3. The van der Waals surface area contributed by atoms with Crippen LogP contribution in [0.5, 0.6) is 0 Å². The molecule has 5 heteroatoms. The summed E-state index contributed by atoms with van der Waals surface area (Å²) in [5.74, 6) is 0.701. The van der Waals surface area contributed by atoms with Gasteiger partial charge in [0.05, 0.1) is 11.8 Å². The fraction of sp³-hybridized carbons (Fsp3) is 0.667. The monoisotopic (exact) mass is 236 g/mol. The van der Waals surface area contributed by atoms with Gasteiger partial charge in [-0.05, 0) is 38.8 Å². The van der Waals surface area contributed by atoms with Crippen molar-refractivity contribution in [1.29, 1.82) is 0 Å². The number of hydrogen-bond donors (Lipinski definition) is 2. The highest BCUT2D eigenvalue weighted by Crippen LogP contribution is 2.11. The molecule has 1 aliphatic rings. The molecule has 2 N–H and O–H groups in total. The lowest BCUT2D eigenvalue weighted by Gasteiger charge is -2.09. The predicted molar refractivity (Wildman–Crippen MR) is 65.9 cm³/mol. The zero-order valence-corrected chi connectivity index (χ0v) is 10.5. The van der Waals surface area contributed by atoms with Gasteiger partial charge in [0, 0.05) is 19.3 Å². The summed E-state index contributed by atoms with van der Waals surface area (Å²) in [6, 6.07) is 0. The van der Waals surface area contributed by atoms with Gasteiger partial charge in [-0.2, -0.15) is 5.10 Å². The maximum absolute atomic E-state index is 11.9. The molecule has 0 saturated carbocycles. The number of amides is 1. The van der Waals surface area contributed by atoms with Crippen molar-refractivity contribution in [2.45, 2.75) is 19.8 Å². The highest BCUT2D eigenvalue weighted by Gasteiger charge is 2.16. The van der Waals surface area contributed by atoms with Crippen LogP contribution in [-0.4, -0.2) is 35.3 Å². The Kier molecular flexibility index (Phi) is 3.78. The SMILES string of the molecule is Cc1c(C(=O)NCCC2CCNC2)cnn1C. The van der Waals surface area contributed by atoms with Gasteiger partial charge in [0.15, 0.2) is 0 Å². The summed E-state index contributed by atoms with van der Waals surface area (Å²) in [6.07, 6.45) is 3.90. The zero-order chi connectivity index (χ0) is 12.3. The molecule has 0 radical (unpaired) electrons. The Labute approximate surface area is 102 Å². The molecule has 1 aromatic heterocycles. The van der Waals surface area contributed by atoms with Crippen LogP contribution >= 0.6 is 0 Å². The van der Waals surface area contributed by atoms with Crippen molar-refractivity contribution >= 4 is 5.91 Å². The average Bonchev–Trinajstić information content (AvgIpc) is 2.91. The summed E-state index contributed by atoms with van der Waals surface area (Å²) in [5.41, 5.74) is 1.59. The minimum atomic E-state index is -0.0124. The van der Waals surface area contributed by atoms with Crippen LogP contribution in [-0.2, 0) is 7.05 Å². The number of carbonyl (C=O) groups is 1. The first-order valence-corrected chi connectivity index (χ1v) is 6.16. The Hall–Kier alpha value is -1.36. The van der Waals surface area contributed by atoms with Gasteiger partial charge in [-0.3, -0.25) is 9.48 Å². The summed E-state index contributed by atoms with van der Waals surface area (Å²) in [5, 5.41) is 10.4. The molecule has 5 nitrogen and oxygen atoms in total. The molecule has 0 bridgehead atoms. The molecule has 2 rings (SSSR count). The summed E-state index contributed by atoms with van der Waals surface area (Å²) in [7, 11) is 1.84. The summed E-state index contributed by atoms with van der Waals surface area (Å²) >= 11 is 0. The van der Waals surface area contributed by atoms with Crippen LogP contribution in [0.1, 0.15) is 28.9 Å². The molecule has 1 amide bonds. The number of aryl methyl sites for hydroxylation is 1. The molecule has 1 aromatic rings. The van der Waals surface area contributed by atoms with E-state index in [2.05, 4.69) is 15.7 Å². The smallest absolute Gasteiger partial charge is 0.254 e. The van der Waals surface area contributed by atoms with Crippen molar-refractivity contribution in [2.24, 2.45) is 13.0 Å². The Morgan fingerprint density at radius 2 is 2.53 bits per heavy atom. The van der Waals surface area contributed by atoms with Crippen molar-refractivity contribution in [2.75, 3.05) is 19.6 Å². The first kappa shape index (κ1) is 12.1. The molecule has 1 fully saturated rings. The van der Waals surface area contributed by atoms with Crippen molar-refractivity contribution in [3.05, 3.63) is 17.5 Å². The molecule has 1 saturated heterocycles. The van der Waals surface area contributed by atoms with Gasteiger partial charge in [0.1, 0.15) is 0 Å². The van der Waals surface area contributed by atoms with E-state index in [-0.39, 0.29) is 5.91 Å². The van der Waals surface area contributed by atoms with Crippen LogP contribution in [0.4, 0.5) is 0 Å². The second kappa shape index (κ2) is 5.31. The quantitative estimate of drug-likeness (QED) is 0.798. The van der Waals surface area contributed by atoms with E-state index >= 15 is 0 Å². The molecule has 17 heavy (non-hydrogen) atoms. The fourth-order valence-corrected chi connectivity index (χ4v) is 2.17. The van der Waals surface area contributed by atoms with Crippen molar-refractivity contribution in [1.82, 2.24) is 20.4 Å². The second-order valence-electron chi connectivity index (χ2n) is 4.67. The largest absolute Gasteiger partial charge is 0.352 e. The van der Waals surface area contributed by atoms with E-state index in [1.165, 1.54) is 6.42 Å². The standard InChI is InChI=1S/C12H20N4O/c1-9-11(8-15-16(9)2)12(17)14-6-4-10-3-5-13-7-10/h8,10,13H,3-7H2,1-2H3,(H,14,17). The first-order chi connectivity index (χ1) is 8.18.